The molecular formula is C24H23FN4O. The van der Waals surface area contributed by atoms with Crippen molar-refractivity contribution in [3.63, 3.8) is 0 Å². The van der Waals surface area contributed by atoms with Crippen LogP contribution in [0.15, 0.2) is 66.7 Å². The predicted octanol–water partition coefficient (Wildman–Crippen LogP) is 3.71. The second kappa shape index (κ2) is 7.52. The molecule has 1 unspecified atom stereocenters. The van der Waals surface area contributed by atoms with Gasteiger partial charge in [-0.2, -0.15) is 0 Å². The van der Waals surface area contributed by atoms with Crippen molar-refractivity contribution < 1.29 is 9.18 Å². The SMILES string of the molecule is O=C(NC1CCN(c2ccc(-c3ccccc3F)nn2)C1)C1(c2ccccc2)CC1. The standard InChI is InChI=1S/C24H23FN4O/c25-20-9-5-4-8-19(20)21-10-11-22(28-27-21)29-15-12-18(16-29)26-23(30)24(13-14-24)17-6-2-1-3-7-17/h1-11,18H,12-16H2,(H,26,30). The van der Waals surface area contributed by atoms with Crippen molar-refractivity contribution in [1.29, 1.82) is 0 Å². The molecule has 5 rings (SSSR count). The number of anilines is 1. The lowest BCUT2D eigenvalue weighted by atomic mass is 9.94. The minimum Gasteiger partial charge on any atom is -0.353 e. The fraction of sp³-hybridized carbons (Fsp3) is 0.292. The number of hydrogen-bond donors (Lipinski definition) is 1. The normalized spacial score (nSPS) is 19.5. The Morgan fingerprint density at radius 2 is 1.77 bits per heavy atom. The Morgan fingerprint density at radius 1 is 1.00 bits per heavy atom. The first-order valence-electron chi connectivity index (χ1n) is 10.4. The van der Waals surface area contributed by atoms with E-state index in [1.165, 1.54) is 6.07 Å². The van der Waals surface area contributed by atoms with E-state index in [2.05, 4.69) is 20.4 Å². The smallest absolute Gasteiger partial charge is 0.230 e. The highest BCUT2D eigenvalue weighted by Crippen LogP contribution is 2.48. The summed E-state index contributed by atoms with van der Waals surface area (Å²) < 4.78 is 14.0. The van der Waals surface area contributed by atoms with E-state index in [0.29, 0.717) is 17.8 Å². The van der Waals surface area contributed by atoms with Crippen LogP contribution in [0, 0.1) is 5.82 Å². The lowest BCUT2D eigenvalue weighted by Gasteiger charge is -2.21. The first-order chi connectivity index (χ1) is 14.7. The summed E-state index contributed by atoms with van der Waals surface area (Å²) in [6.07, 6.45) is 2.68. The molecule has 6 heteroatoms. The molecule has 1 N–H and O–H groups in total. The second-order valence-corrected chi connectivity index (χ2v) is 8.11. The van der Waals surface area contributed by atoms with Crippen LogP contribution in [0.25, 0.3) is 11.3 Å². The summed E-state index contributed by atoms with van der Waals surface area (Å²) in [7, 11) is 0. The third kappa shape index (κ3) is 3.43. The highest BCUT2D eigenvalue weighted by molar-refractivity contribution is 5.91. The van der Waals surface area contributed by atoms with Gasteiger partial charge in [0.05, 0.1) is 11.1 Å². The Labute approximate surface area is 174 Å². The summed E-state index contributed by atoms with van der Waals surface area (Å²) >= 11 is 0. The monoisotopic (exact) mass is 402 g/mol. The third-order valence-electron chi connectivity index (χ3n) is 6.16. The van der Waals surface area contributed by atoms with Crippen molar-refractivity contribution in [2.75, 3.05) is 18.0 Å². The minimum atomic E-state index is -0.351. The van der Waals surface area contributed by atoms with Crippen LogP contribution in [0.1, 0.15) is 24.8 Å². The van der Waals surface area contributed by atoms with Crippen LogP contribution in [0.4, 0.5) is 10.2 Å². The van der Waals surface area contributed by atoms with E-state index in [4.69, 9.17) is 0 Å². The molecule has 2 aromatic carbocycles. The van der Waals surface area contributed by atoms with E-state index < -0.39 is 0 Å². The van der Waals surface area contributed by atoms with Gasteiger partial charge in [-0.25, -0.2) is 4.39 Å². The Hall–Kier alpha value is -3.28. The van der Waals surface area contributed by atoms with Gasteiger partial charge < -0.3 is 10.2 Å². The molecule has 1 aliphatic heterocycles. The molecule has 2 heterocycles. The van der Waals surface area contributed by atoms with Crippen molar-refractivity contribution in [2.45, 2.75) is 30.7 Å². The maximum atomic E-state index is 14.0. The van der Waals surface area contributed by atoms with E-state index in [9.17, 15) is 9.18 Å². The van der Waals surface area contributed by atoms with E-state index in [-0.39, 0.29) is 23.2 Å². The fourth-order valence-corrected chi connectivity index (χ4v) is 4.25. The molecule has 1 saturated heterocycles. The average molecular weight is 402 g/mol. The molecule has 0 spiro atoms. The molecule has 152 valence electrons. The van der Waals surface area contributed by atoms with Crippen LogP contribution < -0.4 is 10.2 Å². The lowest BCUT2D eigenvalue weighted by molar-refractivity contribution is -0.124. The summed E-state index contributed by atoms with van der Waals surface area (Å²) in [5.74, 6) is 0.563. The molecule has 2 fully saturated rings. The zero-order chi connectivity index (χ0) is 20.6. The van der Waals surface area contributed by atoms with E-state index >= 15 is 0 Å². The number of benzene rings is 2. The number of halogens is 1. The van der Waals surface area contributed by atoms with E-state index in [1.807, 2.05) is 36.4 Å². The summed E-state index contributed by atoms with van der Waals surface area (Å²) in [6.45, 7) is 1.50. The number of nitrogens with zero attached hydrogens (tertiary/aromatic N) is 3. The maximum Gasteiger partial charge on any atom is 0.230 e. The molecule has 2 aliphatic rings. The van der Waals surface area contributed by atoms with Crippen molar-refractivity contribution in [3.8, 4) is 11.3 Å². The molecular weight excluding hydrogens is 379 g/mol. The molecule has 3 aromatic rings. The van der Waals surface area contributed by atoms with Gasteiger partial charge in [0.25, 0.3) is 0 Å². The highest BCUT2D eigenvalue weighted by Gasteiger charge is 2.51. The summed E-state index contributed by atoms with van der Waals surface area (Å²) in [5.41, 5.74) is 1.71. The molecule has 1 aliphatic carbocycles. The first-order valence-corrected chi connectivity index (χ1v) is 10.4. The molecule has 30 heavy (non-hydrogen) atoms. The molecule has 1 atom stereocenters. The Balaban J connectivity index is 1.23. The van der Waals surface area contributed by atoms with Gasteiger partial charge in [-0.15, -0.1) is 10.2 Å². The van der Waals surface area contributed by atoms with Crippen molar-refractivity contribution in [1.82, 2.24) is 15.5 Å². The van der Waals surface area contributed by atoms with Gasteiger partial charge in [-0.05, 0) is 49.1 Å². The third-order valence-corrected chi connectivity index (χ3v) is 6.16. The first kappa shape index (κ1) is 18.7. The van der Waals surface area contributed by atoms with Crippen LogP contribution in [-0.4, -0.2) is 35.2 Å². The number of rotatable bonds is 5. The Morgan fingerprint density at radius 3 is 2.47 bits per heavy atom. The number of hydrogen-bond acceptors (Lipinski definition) is 4. The summed E-state index contributed by atoms with van der Waals surface area (Å²) in [4.78, 5) is 15.1. The zero-order valence-electron chi connectivity index (χ0n) is 16.6. The van der Waals surface area contributed by atoms with Gasteiger partial charge >= 0.3 is 0 Å². The largest absolute Gasteiger partial charge is 0.353 e. The van der Waals surface area contributed by atoms with Gasteiger partial charge in [0.15, 0.2) is 5.82 Å². The van der Waals surface area contributed by atoms with Crippen LogP contribution in [-0.2, 0) is 10.2 Å². The van der Waals surface area contributed by atoms with Crippen LogP contribution in [0.2, 0.25) is 0 Å². The molecule has 1 saturated carbocycles. The van der Waals surface area contributed by atoms with Gasteiger partial charge in [-0.1, -0.05) is 42.5 Å². The summed E-state index contributed by atoms with van der Waals surface area (Å²) in [5, 5.41) is 11.8. The Kier molecular flexibility index (Phi) is 4.69. The van der Waals surface area contributed by atoms with Gasteiger partial charge in [0.2, 0.25) is 5.91 Å². The fourth-order valence-electron chi connectivity index (χ4n) is 4.25. The van der Waals surface area contributed by atoms with Crippen LogP contribution in [0.5, 0.6) is 0 Å². The highest BCUT2D eigenvalue weighted by atomic mass is 19.1. The number of amides is 1. The zero-order valence-corrected chi connectivity index (χ0v) is 16.6. The van der Waals surface area contributed by atoms with Gasteiger partial charge in [0, 0.05) is 24.7 Å². The quantitative estimate of drug-likeness (QED) is 0.707. The van der Waals surface area contributed by atoms with E-state index in [1.54, 1.807) is 24.3 Å². The van der Waals surface area contributed by atoms with Crippen molar-refractivity contribution in [3.05, 3.63) is 78.1 Å². The Bertz CT molecular complexity index is 1050. The molecule has 1 amide bonds. The maximum absolute atomic E-state index is 14.0. The number of nitrogens with one attached hydrogen (secondary N) is 1. The molecule has 1 aromatic heterocycles. The van der Waals surface area contributed by atoms with Gasteiger partial charge in [-0.3, -0.25) is 4.79 Å². The predicted molar refractivity (Wildman–Crippen MR) is 114 cm³/mol. The van der Waals surface area contributed by atoms with Crippen LogP contribution in [0.3, 0.4) is 0 Å². The number of carbonyl (C=O) groups is 1. The average Bonchev–Trinajstić information content (AvgIpc) is 3.48. The molecule has 5 nitrogen and oxygen atoms in total. The molecule has 0 bridgehead atoms. The van der Waals surface area contributed by atoms with Gasteiger partial charge in [0.1, 0.15) is 5.82 Å². The van der Waals surface area contributed by atoms with Crippen molar-refractivity contribution >= 4 is 11.7 Å². The minimum absolute atomic E-state index is 0.0896. The number of aromatic nitrogens is 2. The lowest BCUT2D eigenvalue weighted by Crippen LogP contribution is -2.43. The van der Waals surface area contributed by atoms with Crippen LogP contribution >= 0.6 is 0 Å². The second-order valence-electron chi connectivity index (χ2n) is 8.11. The van der Waals surface area contributed by atoms with E-state index in [0.717, 1.165) is 37.2 Å². The molecule has 0 radical (unpaired) electrons. The number of carbonyl (C=O) groups excluding carboxylic acids is 1. The summed E-state index contributed by atoms with van der Waals surface area (Å²) in [6, 6.07) is 20.3. The topological polar surface area (TPSA) is 58.1 Å². The van der Waals surface area contributed by atoms with Crippen molar-refractivity contribution in [2.24, 2.45) is 0 Å².